The Balaban J connectivity index is 1.81. The quantitative estimate of drug-likeness (QED) is 0.738. The topological polar surface area (TPSA) is 73.8 Å². The second kappa shape index (κ2) is 5.09. The molecule has 3 aliphatic rings. The molecule has 3 N–H and O–H groups in total. The maximum atomic E-state index is 10.6. The summed E-state index contributed by atoms with van der Waals surface area (Å²) in [6, 6.07) is 0. The predicted molar refractivity (Wildman–Crippen MR) is 90.5 cm³/mol. The third kappa shape index (κ3) is 1.85. The Bertz CT molecular complexity index is 639. The number of hydrogen-bond acceptors (Lipinski definition) is 4. The van der Waals surface area contributed by atoms with Crippen molar-refractivity contribution in [3.63, 3.8) is 0 Å². The number of fused-ring (bicyclic) bond motifs is 5. The van der Waals surface area contributed by atoms with Gasteiger partial charge in [0.05, 0.1) is 31.3 Å². The molecule has 3 aliphatic carbocycles. The van der Waals surface area contributed by atoms with Crippen molar-refractivity contribution < 1.29 is 19.7 Å². The van der Waals surface area contributed by atoms with E-state index in [1.807, 2.05) is 19.5 Å². The fourth-order valence-electron chi connectivity index (χ4n) is 6.99. The fourth-order valence-corrected chi connectivity index (χ4v) is 6.99. The van der Waals surface area contributed by atoms with Crippen LogP contribution in [0.15, 0.2) is 16.9 Å². The van der Waals surface area contributed by atoms with Gasteiger partial charge >= 0.3 is 0 Å². The maximum absolute atomic E-state index is 10.6. The van der Waals surface area contributed by atoms with Gasteiger partial charge in [-0.05, 0) is 65.9 Å². The van der Waals surface area contributed by atoms with Gasteiger partial charge in [-0.15, -0.1) is 0 Å². The first-order valence-corrected chi connectivity index (χ1v) is 9.30. The zero-order chi connectivity index (χ0) is 17.3. The first-order valence-electron chi connectivity index (χ1n) is 9.30. The Morgan fingerprint density at radius 2 is 1.88 bits per heavy atom. The molecule has 2 saturated carbocycles. The van der Waals surface area contributed by atoms with E-state index in [2.05, 4.69) is 13.8 Å². The summed E-state index contributed by atoms with van der Waals surface area (Å²) in [6.07, 6.45) is 6.92. The lowest BCUT2D eigenvalue weighted by Crippen LogP contribution is -2.65. The van der Waals surface area contributed by atoms with E-state index in [1.165, 1.54) is 11.1 Å². The molecule has 2 fully saturated rings. The van der Waals surface area contributed by atoms with Gasteiger partial charge in [-0.3, -0.25) is 0 Å². The second-order valence-corrected chi connectivity index (χ2v) is 9.30. The molecule has 0 radical (unpaired) electrons. The molecule has 4 rings (SSSR count). The summed E-state index contributed by atoms with van der Waals surface area (Å²) in [5, 5.41) is 31.3. The number of furan rings is 1. The van der Waals surface area contributed by atoms with Crippen molar-refractivity contribution in [3.05, 3.63) is 23.7 Å². The number of aliphatic hydroxyl groups is 3. The largest absolute Gasteiger partial charge is 0.472 e. The van der Waals surface area contributed by atoms with Crippen LogP contribution in [0.4, 0.5) is 0 Å². The maximum Gasteiger partial charge on any atom is 0.0943 e. The Morgan fingerprint density at radius 3 is 2.58 bits per heavy atom. The molecule has 24 heavy (non-hydrogen) atoms. The number of hydrogen-bond donors (Lipinski definition) is 3. The summed E-state index contributed by atoms with van der Waals surface area (Å²) in [5.41, 5.74) is 2.01. The molecular weight excluding hydrogens is 304 g/mol. The van der Waals surface area contributed by atoms with Crippen LogP contribution in [0, 0.1) is 22.7 Å². The van der Waals surface area contributed by atoms with Gasteiger partial charge in [0.1, 0.15) is 0 Å². The molecule has 0 spiro atoms. The van der Waals surface area contributed by atoms with E-state index in [0.29, 0.717) is 12.3 Å². The fraction of sp³-hybridized carbons (Fsp3) is 0.800. The number of rotatable bonds is 1. The van der Waals surface area contributed by atoms with Crippen molar-refractivity contribution in [3.8, 4) is 0 Å². The van der Waals surface area contributed by atoms with Crippen molar-refractivity contribution >= 4 is 0 Å². The summed E-state index contributed by atoms with van der Waals surface area (Å²) in [7, 11) is 0. The molecule has 1 aromatic heterocycles. The summed E-state index contributed by atoms with van der Waals surface area (Å²) in [4.78, 5) is 0. The van der Waals surface area contributed by atoms with E-state index in [0.717, 1.165) is 25.7 Å². The van der Waals surface area contributed by atoms with E-state index in [1.54, 1.807) is 0 Å². The van der Waals surface area contributed by atoms with Gasteiger partial charge in [0.2, 0.25) is 0 Å². The predicted octanol–water partition coefficient (Wildman–Crippen LogP) is 2.64. The van der Waals surface area contributed by atoms with Crippen LogP contribution in [0.5, 0.6) is 0 Å². The zero-order valence-corrected chi connectivity index (χ0v) is 15.0. The van der Waals surface area contributed by atoms with Crippen LogP contribution in [0.3, 0.4) is 0 Å². The number of aliphatic hydroxyl groups excluding tert-OH is 3. The third-order valence-electron chi connectivity index (χ3n) is 8.20. The molecule has 1 heterocycles. The highest BCUT2D eigenvalue weighted by atomic mass is 16.3. The van der Waals surface area contributed by atoms with Crippen molar-refractivity contribution in [2.24, 2.45) is 22.7 Å². The Hall–Kier alpha value is -0.840. The summed E-state index contributed by atoms with van der Waals surface area (Å²) < 4.78 is 5.52. The lowest BCUT2D eigenvalue weighted by Gasteiger charge is -2.65. The van der Waals surface area contributed by atoms with E-state index in [4.69, 9.17) is 4.42 Å². The average Bonchev–Trinajstić information content (AvgIpc) is 3.02. The van der Waals surface area contributed by atoms with Crippen LogP contribution in [-0.4, -0.2) is 34.1 Å². The van der Waals surface area contributed by atoms with Crippen LogP contribution in [0.2, 0.25) is 0 Å². The standard InChI is InChI=1S/C20H30O4/c1-18-7-6-16-19(2,8-14(22)17(23)20(16,3)11-21)15(18)5-4-12-9-24-10-13(12)18/h9-10,14-17,21-23H,4-8,11H2,1-3H3. The van der Waals surface area contributed by atoms with Gasteiger partial charge < -0.3 is 19.7 Å². The Kier molecular flexibility index (Phi) is 3.52. The highest BCUT2D eigenvalue weighted by molar-refractivity contribution is 5.36. The molecule has 0 aliphatic heterocycles. The average molecular weight is 334 g/mol. The minimum Gasteiger partial charge on any atom is -0.472 e. The molecule has 0 amide bonds. The van der Waals surface area contributed by atoms with Crippen molar-refractivity contribution in [2.45, 2.75) is 70.5 Å². The Morgan fingerprint density at radius 1 is 1.12 bits per heavy atom. The molecule has 134 valence electrons. The molecule has 4 nitrogen and oxygen atoms in total. The molecule has 0 saturated heterocycles. The molecule has 1 aromatic rings. The van der Waals surface area contributed by atoms with Crippen molar-refractivity contribution in [2.75, 3.05) is 6.61 Å². The summed E-state index contributed by atoms with van der Waals surface area (Å²) >= 11 is 0. The van der Waals surface area contributed by atoms with Gasteiger partial charge in [0, 0.05) is 5.41 Å². The monoisotopic (exact) mass is 334 g/mol. The van der Waals surface area contributed by atoms with Gasteiger partial charge in [-0.25, -0.2) is 0 Å². The minimum absolute atomic E-state index is 0.0597. The smallest absolute Gasteiger partial charge is 0.0943 e. The van der Waals surface area contributed by atoms with Crippen LogP contribution >= 0.6 is 0 Å². The summed E-state index contributed by atoms with van der Waals surface area (Å²) in [5.74, 6) is 0.654. The Labute approximate surface area is 143 Å². The zero-order valence-electron chi connectivity index (χ0n) is 15.0. The van der Waals surface area contributed by atoms with Crippen molar-refractivity contribution in [1.82, 2.24) is 0 Å². The normalized spacial score (nSPS) is 50.8. The highest BCUT2D eigenvalue weighted by Gasteiger charge is 2.64. The first-order chi connectivity index (χ1) is 11.3. The van der Waals surface area contributed by atoms with E-state index < -0.39 is 17.6 Å². The molecule has 0 aromatic carbocycles. The SMILES string of the molecule is CC12CCC3C(C)(CO)C(O)C(O)CC3(C)C1CCc1cocc12. The molecule has 4 heteroatoms. The van der Waals surface area contributed by atoms with Crippen LogP contribution in [0.1, 0.15) is 57.6 Å². The van der Waals surface area contributed by atoms with Crippen LogP contribution in [-0.2, 0) is 11.8 Å². The van der Waals surface area contributed by atoms with Crippen LogP contribution < -0.4 is 0 Å². The van der Waals surface area contributed by atoms with Gasteiger partial charge in [0.25, 0.3) is 0 Å². The van der Waals surface area contributed by atoms with Crippen LogP contribution in [0.25, 0.3) is 0 Å². The molecule has 7 atom stereocenters. The number of aryl methyl sites for hydroxylation is 1. The van der Waals surface area contributed by atoms with E-state index in [-0.39, 0.29) is 23.4 Å². The molecule has 7 unspecified atom stereocenters. The van der Waals surface area contributed by atoms with Crippen molar-refractivity contribution in [1.29, 1.82) is 0 Å². The second-order valence-electron chi connectivity index (χ2n) is 9.30. The molecular formula is C20H30O4. The highest BCUT2D eigenvalue weighted by Crippen LogP contribution is 2.66. The molecule has 0 bridgehead atoms. The third-order valence-corrected chi connectivity index (χ3v) is 8.20. The van der Waals surface area contributed by atoms with E-state index >= 15 is 0 Å². The van der Waals surface area contributed by atoms with Gasteiger partial charge in [-0.1, -0.05) is 20.8 Å². The lowest BCUT2D eigenvalue weighted by molar-refractivity contribution is -0.219. The lowest BCUT2D eigenvalue weighted by atomic mass is 9.40. The van der Waals surface area contributed by atoms with Gasteiger partial charge in [-0.2, -0.15) is 0 Å². The van der Waals surface area contributed by atoms with E-state index in [9.17, 15) is 15.3 Å². The minimum atomic E-state index is -0.849. The van der Waals surface area contributed by atoms with Gasteiger partial charge in [0.15, 0.2) is 0 Å². The summed E-state index contributed by atoms with van der Waals surface area (Å²) in [6.45, 7) is 6.51. The first kappa shape index (κ1) is 16.6.